The molecule has 0 spiro atoms. The van der Waals surface area contributed by atoms with Gasteiger partial charge in [0.15, 0.2) is 0 Å². The predicted octanol–water partition coefficient (Wildman–Crippen LogP) is 3.80. The summed E-state index contributed by atoms with van der Waals surface area (Å²) >= 11 is 3.52. The van der Waals surface area contributed by atoms with E-state index in [2.05, 4.69) is 20.9 Å². The summed E-state index contributed by atoms with van der Waals surface area (Å²) in [5.74, 6) is -0.427. The van der Waals surface area contributed by atoms with E-state index in [1.807, 2.05) is 30.3 Å². The molecular weight excluding hydrogens is 384 g/mol. The maximum atomic E-state index is 12.7. The molecule has 6 heteroatoms. The second-order valence-electron chi connectivity index (χ2n) is 5.87. The molecule has 124 valence electrons. The lowest BCUT2D eigenvalue weighted by molar-refractivity contribution is 0.0697. The van der Waals surface area contributed by atoms with Crippen molar-refractivity contribution in [3.8, 4) is 0 Å². The van der Waals surface area contributed by atoms with Crippen molar-refractivity contribution in [3.05, 3.63) is 74.2 Å². The van der Waals surface area contributed by atoms with E-state index in [1.54, 1.807) is 4.57 Å². The third-order valence-corrected chi connectivity index (χ3v) is 5.05. The third-order valence-electron chi connectivity index (χ3n) is 4.33. The van der Waals surface area contributed by atoms with Crippen molar-refractivity contribution in [1.29, 1.82) is 0 Å². The van der Waals surface area contributed by atoms with E-state index in [1.165, 1.54) is 18.2 Å². The van der Waals surface area contributed by atoms with Crippen molar-refractivity contribution < 1.29 is 9.90 Å². The van der Waals surface area contributed by atoms with Crippen molar-refractivity contribution in [2.45, 2.75) is 13.0 Å². The lowest BCUT2D eigenvalue weighted by atomic mass is 10.1. The summed E-state index contributed by atoms with van der Waals surface area (Å²) in [5, 5.41) is 9.60. The Morgan fingerprint density at radius 1 is 1.24 bits per heavy atom. The first kappa shape index (κ1) is 15.8. The fourth-order valence-corrected chi connectivity index (χ4v) is 3.47. The molecule has 4 rings (SSSR count). The van der Waals surface area contributed by atoms with Gasteiger partial charge in [-0.2, -0.15) is 0 Å². The van der Waals surface area contributed by atoms with Crippen LogP contribution in [0.1, 0.15) is 28.2 Å². The maximum Gasteiger partial charge on any atom is 0.335 e. The summed E-state index contributed by atoms with van der Waals surface area (Å²) in [7, 11) is 0. The van der Waals surface area contributed by atoms with Gasteiger partial charge in [-0.05, 0) is 47.9 Å². The minimum absolute atomic E-state index is 0.124. The molecule has 5 nitrogen and oxygen atoms in total. The summed E-state index contributed by atoms with van der Waals surface area (Å²) in [6, 6.07) is 12.3. The zero-order valence-electron chi connectivity index (χ0n) is 13.1. The molecule has 2 aromatic carbocycles. The summed E-state index contributed by atoms with van der Waals surface area (Å²) in [6.07, 6.45) is 2.73. The number of aromatic nitrogens is 2. The zero-order valence-corrected chi connectivity index (χ0v) is 14.7. The van der Waals surface area contributed by atoms with Crippen LogP contribution in [-0.2, 0) is 6.54 Å². The van der Waals surface area contributed by atoms with Gasteiger partial charge in [0.1, 0.15) is 5.82 Å². The molecule has 1 aliphatic heterocycles. The van der Waals surface area contributed by atoms with E-state index in [9.17, 15) is 9.59 Å². The number of allylic oxidation sites excluding steroid dienone is 1. The third kappa shape index (κ3) is 2.68. The Labute approximate surface area is 151 Å². The van der Waals surface area contributed by atoms with Crippen molar-refractivity contribution in [3.63, 3.8) is 0 Å². The minimum atomic E-state index is -1.03. The minimum Gasteiger partial charge on any atom is -0.478 e. The van der Waals surface area contributed by atoms with E-state index in [4.69, 9.17) is 5.11 Å². The Bertz CT molecular complexity index is 1120. The van der Waals surface area contributed by atoms with Gasteiger partial charge in [-0.25, -0.2) is 9.78 Å². The van der Waals surface area contributed by atoms with Gasteiger partial charge in [0.25, 0.3) is 5.56 Å². The molecule has 0 radical (unpaired) electrons. The largest absolute Gasteiger partial charge is 0.478 e. The molecule has 0 atom stereocenters. The number of carboxylic acids is 1. The van der Waals surface area contributed by atoms with Crippen molar-refractivity contribution in [1.82, 2.24) is 9.55 Å². The number of hydrogen-bond donors (Lipinski definition) is 1. The van der Waals surface area contributed by atoms with Crippen LogP contribution in [0, 0.1) is 0 Å². The van der Waals surface area contributed by atoms with Crippen LogP contribution >= 0.6 is 15.9 Å². The van der Waals surface area contributed by atoms with Gasteiger partial charge in [-0.1, -0.05) is 34.1 Å². The standard InChI is InChI=1S/C19H13BrN2O3/c20-15-4-2-1-3-11(15)9-12-7-8-22-17(12)21-16-10-13(19(24)25)5-6-14(16)18(22)23/h1-6,9-10H,7-8H2,(H,24,25)/b12-9+. The number of aromatic carboxylic acids is 1. The van der Waals surface area contributed by atoms with Crippen molar-refractivity contribution in [2.75, 3.05) is 0 Å². The smallest absolute Gasteiger partial charge is 0.335 e. The molecule has 0 saturated carbocycles. The van der Waals surface area contributed by atoms with Gasteiger partial charge in [0.2, 0.25) is 0 Å². The monoisotopic (exact) mass is 396 g/mol. The topological polar surface area (TPSA) is 72.2 Å². The zero-order chi connectivity index (χ0) is 17.6. The van der Waals surface area contributed by atoms with E-state index in [0.717, 1.165) is 15.6 Å². The molecule has 2 heterocycles. The number of fused-ring (bicyclic) bond motifs is 2. The molecule has 0 fully saturated rings. The lowest BCUT2D eigenvalue weighted by Gasteiger charge is -2.06. The summed E-state index contributed by atoms with van der Waals surface area (Å²) in [6.45, 7) is 0.577. The van der Waals surface area contributed by atoms with Crippen LogP contribution in [0.4, 0.5) is 0 Å². The average Bonchev–Trinajstić information content (AvgIpc) is 3.00. The maximum absolute atomic E-state index is 12.7. The van der Waals surface area contributed by atoms with E-state index < -0.39 is 5.97 Å². The van der Waals surface area contributed by atoms with Crippen molar-refractivity contribution >= 4 is 44.5 Å². The number of carbonyl (C=O) groups is 1. The Morgan fingerprint density at radius 2 is 2.04 bits per heavy atom. The normalized spacial score (nSPS) is 14.8. The first-order valence-electron chi connectivity index (χ1n) is 7.78. The number of hydrogen-bond acceptors (Lipinski definition) is 3. The van der Waals surface area contributed by atoms with E-state index in [0.29, 0.717) is 29.7 Å². The van der Waals surface area contributed by atoms with Crippen LogP contribution < -0.4 is 5.56 Å². The molecule has 1 aliphatic rings. The first-order chi connectivity index (χ1) is 12.0. The van der Waals surface area contributed by atoms with Crippen LogP contribution in [0.5, 0.6) is 0 Å². The van der Waals surface area contributed by atoms with Gasteiger partial charge in [0.05, 0.1) is 16.5 Å². The van der Waals surface area contributed by atoms with Crippen molar-refractivity contribution in [2.24, 2.45) is 0 Å². The van der Waals surface area contributed by atoms with Gasteiger partial charge < -0.3 is 5.11 Å². The van der Waals surface area contributed by atoms with E-state index >= 15 is 0 Å². The summed E-state index contributed by atoms with van der Waals surface area (Å²) < 4.78 is 2.63. The quantitative estimate of drug-likeness (QED) is 0.714. The number of halogens is 1. The Balaban J connectivity index is 1.92. The lowest BCUT2D eigenvalue weighted by Crippen LogP contribution is -2.21. The molecule has 0 bridgehead atoms. The second kappa shape index (κ2) is 5.97. The molecule has 25 heavy (non-hydrogen) atoms. The number of benzene rings is 2. The van der Waals surface area contributed by atoms with Gasteiger partial charge in [0, 0.05) is 11.0 Å². The molecule has 1 aromatic heterocycles. The molecule has 0 saturated heterocycles. The number of carboxylic acid groups (broad SMARTS) is 1. The highest BCUT2D eigenvalue weighted by Gasteiger charge is 2.21. The van der Waals surface area contributed by atoms with Crippen LogP contribution in [0.2, 0.25) is 0 Å². The summed E-state index contributed by atoms with van der Waals surface area (Å²) in [5.41, 5.74) is 2.38. The number of nitrogens with zero attached hydrogens (tertiary/aromatic N) is 2. The van der Waals surface area contributed by atoms with Crippen LogP contribution in [0.15, 0.2) is 51.7 Å². The molecule has 0 unspecified atom stereocenters. The van der Waals surface area contributed by atoms with Crippen LogP contribution in [-0.4, -0.2) is 20.6 Å². The predicted molar refractivity (Wildman–Crippen MR) is 99.6 cm³/mol. The van der Waals surface area contributed by atoms with Crippen LogP contribution in [0.25, 0.3) is 22.6 Å². The summed E-state index contributed by atoms with van der Waals surface area (Å²) in [4.78, 5) is 28.5. The molecule has 0 aliphatic carbocycles. The second-order valence-corrected chi connectivity index (χ2v) is 6.72. The Kier molecular flexibility index (Phi) is 3.77. The Morgan fingerprint density at radius 3 is 2.80 bits per heavy atom. The van der Waals surface area contributed by atoms with Gasteiger partial charge in [-0.15, -0.1) is 0 Å². The van der Waals surface area contributed by atoms with E-state index in [-0.39, 0.29) is 11.1 Å². The number of rotatable bonds is 2. The highest BCUT2D eigenvalue weighted by atomic mass is 79.9. The SMILES string of the molecule is O=C(O)c1ccc2c(=O)n3c(nc2c1)/C(=C/c1ccccc1Br)CC3. The average molecular weight is 397 g/mol. The van der Waals surface area contributed by atoms with Crippen LogP contribution in [0.3, 0.4) is 0 Å². The Hall–Kier alpha value is -2.73. The highest BCUT2D eigenvalue weighted by molar-refractivity contribution is 9.10. The fourth-order valence-electron chi connectivity index (χ4n) is 3.07. The van der Waals surface area contributed by atoms with Gasteiger partial charge in [-0.3, -0.25) is 9.36 Å². The molecule has 1 N–H and O–H groups in total. The molecule has 0 amide bonds. The highest BCUT2D eigenvalue weighted by Crippen LogP contribution is 2.29. The fraction of sp³-hybridized carbons (Fsp3) is 0.105. The van der Waals surface area contributed by atoms with Gasteiger partial charge >= 0.3 is 5.97 Å². The molecule has 3 aromatic rings. The molecular formula is C19H13BrN2O3. The first-order valence-corrected chi connectivity index (χ1v) is 8.57.